The molecule has 0 aliphatic rings. The zero-order chi connectivity index (χ0) is 13.9. The first-order chi connectivity index (χ1) is 8.22. The normalized spacial score (nSPS) is 11.6. The van der Waals surface area contributed by atoms with Gasteiger partial charge in [0, 0.05) is 23.5 Å². The van der Waals surface area contributed by atoms with E-state index in [9.17, 15) is 27.7 Å². The lowest BCUT2D eigenvalue weighted by atomic mass is 10.2. The van der Waals surface area contributed by atoms with E-state index in [0.717, 1.165) is 18.2 Å². The van der Waals surface area contributed by atoms with Crippen LogP contribution in [0.4, 0.5) is 34.6 Å². The summed E-state index contributed by atoms with van der Waals surface area (Å²) in [5, 5.41) is 12.5. The van der Waals surface area contributed by atoms with E-state index in [2.05, 4.69) is 0 Å². The van der Waals surface area contributed by atoms with Crippen LogP contribution in [0.1, 0.15) is 0 Å². The zero-order valence-electron chi connectivity index (χ0n) is 8.87. The number of hydrogen-bond acceptors (Lipinski definition) is 4. The molecule has 1 rings (SSSR count). The van der Waals surface area contributed by atoms with E-state index in [-0.39, 0.29) is 11.4 Å². The molecule has 1 aromatic rings. The van der Waals surface area contributed by atoms with Crippen LogP contribution in [0, 0.1) is 10.1 Å². The molecule has 0 aliphatic carbocycles. The van der Waals surface area contributed by atoms with E-state index in [1.165, 1.54) is 0 Å². The van der Waals surface area contributed by atoms with Crippen LogP contribution < -0.4 is 11.1 Å². The number of nitrogens with zero attached hydrogens (tertiary/aromatic N) is 1. The van der Waals surface area contributed by atoms with Gasteiger partial charge in [0.15, 0.2) is 0 Å². The molecule has 0 radical (unpaired) electrons. The molecule has 9 heteroatoms. The molecule has 0 saturated carbocycles. The third-order valence-electron chi connectivity index (χ3n) is 2.00. The molecule has 5 nitrogen and oxygen atoms in total. The van der Waals surface area contributed by atoms with Gasteiger partial charge in [-0.2, -0.15) is 8.78 Å². The van der Waals surface area contributed by atoms with Gasteiger partial charge in [0.25, 0.3) is 5.69 Å². The quantitative estimate of drug-likeness (QED) is 0.371. The number of nitro benzene ring substituents is 1. The highest BCUT2D eigenvalue weighted by Gasteiger charge is 2.40. The van der Waals surface area contributed by atoms with Gasteiger partial charge in [-0.25, -0.2) is 8.78 Å². The van der Waals surface area contributed by atoms with Gasteiger partial charge >= 0.3 is 12.3 Å². The molecule has 0 fully saturated rings. The van der Waals surface area contributed by atoms with Crippen LogP contribution in [-0.2, 0) is 0 Å². The highest BCUT2D eigenvalue weighted by atomic mass is 19.3. The maximum atomic E-state index is 12.6. The smallest absolute Gasteiger partial charge is 0.324 e. The Morgan fingerprint density at radius 1 is 1.39 bits per heavy atom. The molecule has 0 amide bonds. The Kier molecular flexibility index (Phi) is 3.94. The largest absolute Gasteiger partial charge is 0.398 e. The second-order valence-electron chi connectivity index (χ2n) is 3.49. The predicted molar refractivity (Wildman–Crippen MR) is 56.9 cm³/mol. The van der Waals surface area contributed by atoms with Gasteiger partial charge in [0.2, 0.25) is 0 Å². The van der Waals surface area contributed by atoms with Crippen molar-refractivity contribution < 1.29 is 22.5 Å². The molecular weight excluding hydrogens is 258 g/mol. The fourth-order valence-electron chi connectivity index (χ4n) is 1.14. The zero-order valence-corrected chi connectivity index (χ0v) is 8.87. The average Bonchev–Trinajstić information content (AvgIpc) is 2.25. The van der Waals surface area contributed by atoms with Gasteiger partial charge in [-0.1, -0.05) is 0 Å². The fourth-order valence-corrected chi connectivity index (χ4v) is 1.14. The minimum atomic E-state index is -4.22. The molecule has 3 N–H and O–H groups in total. The minimum Gasteiger partial charge on any atom is -0.398 e. The van der Waals surface area contributed by atoms with Gasteiger partial charge < -0.3 is 11.1 Å². The van der Waals surface area contributed by atoms with Gasteiger partial charge in [-0.15, -0.1) is 0 Å². The predicted octanol–water partition coefficient (Wildman–Crippen LogP) is 2.49. The molecular formula is C9H9F4N3O2. The van der Waals surface area contributed by atoms with Gasteiger partial charge in [-0.05, 0) is 6.07 Å². The number of non-ortho nitro benzene ring substituents is 1. The maximum absolute atomic E-state index is 12.6. The standard InChI is InChI=1S/C9H9F4N3O2/c10-8(11)9(12,13)4-15-6-1-5(14)2-7(3-6)16(17)18/h1-3,8,15H,4,14H2. The van der Waals surface area contributed by atoms with Crippen molar-refractivity contribution in [2.75, 3.05) is 17.6 Å². The lowest BCUT2D eigenvalue weighted by Gasteiger charge is -2.16. The summed E-state index contributed by atoms with van der Waals surface area (Å²) < 4.78 is 49.0. The number of hydrogen-bond donors (Lipinski definition) is 2. The van der Waals surface area contributed by atoms with Crippen molar-refractivity contribution in [1.29, 1.82) is 0 Å². The van der Waals surface area contributed by atoms with Crippen LogP contribution in [0.15, 0.2) is 18.2 Å². The van der Waals surface area contributed by atoms with Crippen molar-refractivity contribution in [2.24, 2.45) is 0 Å². The van der Waals surface area contributed by atoms with Crippen LogP contribution in [0.3, 0.4) is 0 Å². The average molecular weight is 267 g/mol. The monoisotopic (exact) mass is 267 g/mol. The molecule has 0 aromatic heterocycles. The summed E-state index contributed by atoms with van der Waals surface area (Å²) in [5.74, 6) is -4.22. The van der Waals surface area contributed by atoms with Crippen molar-refractivity contribution in [1.82, 2.24) is 0 Å². The Labute approximate surface area is 98.7 Å². The Morgan fingerprint density at radius 3 is 2.50 bits per heavy atom. The molecule has 100 valence electrons. The van der Waals surface area contributed by atoms with Crippen molar-refractivity contribution in [3.05, 3.63) is 28.3 Å². The summed E-state index contributed by atoms with van der Waals surface area (Å²) in [5.41, 5.74) is 4.74. The number of rotatable bonds is 5. The number of benzene rings is 1. The van der Waals surface area contributed by atoms with Crippen molar-refractivity contribution in [2.45, 2.75) is 12.3 Å². The van der Waals surface area contributed by atoms with Gasteiger partial charge in [-0.3, -0.25) is 10.1 Å². The minimum absolute atomic E-state index is 0.0351. The van der Waals surface area contributed by atoms with E-state index in [1.807, 2.05) is 5.32 Å². The van der Waals surface area contributed by atoms with Gasteiger partial charge in [0.05, 0.1) is 11.5 Å². The number of alkyl halides is 4. The second kappa shape index (κ2) is 5.07. The summed E-state index contributed by atoms with van der Waals surface area (Å²) in [7, 11) is 0. The third kappa shape index (κ3) is 3.47. The number of anilines is 2. The lowest BCUT2D eigenvalue weighted by Crippen LogP contribution is -2.34. The summed E-state index contributed by atoms with van der Waals surface area (Å²) >= 11 is 0. The summed E-state index contributed by atoms with van der Waals surface area (Å²) in [6, 6.07) is 3.09. The molecule has 0 unspecified atom stereocenters. The Morgan fingerprint density at radius 2 is 2.00 bits per heavy atom. The SMILES string of the molecule is Nc1cc(NCC(F)(F)C(F)F)cc([N+](=O)[O-])c1. The summed E-state index contributed by atoms with van der Waals surface area (Å²) in [4.78, 5) is 9.70. The number of nitrogens with two attached hydrogens (primary N) is 1. The summed E-state index contributed by atoms with van der Waals surface area (Å²) in [6.07, 6.45) is -3.82. The van der Waals surface area contributed by atoms with Crippen LogP contribution in [0.2, 0.25) is 0 Å². The first-order valence-corrected chi connectivity index (χ1v) is 4.67. The molecule has 18 heavy (non-hydrogen) atoms. The molecule has 1 aromatic carbocycles. The van der Waals surface area contributed by atoms with Crippen molar-refractivity contribution >= 4 is 17.1 Å². The second-order valence-corrected chi connectivity index (χ2v) is 3.49. The Hall–Kier alpha value is -2.06. The molecule has 0 spiro atoms. The van der Waals surface area contributed by atoms with E-state index in [4.69, 9.17) is 5.73 Å². The highest BCUT2D eigenvalue weighted by Crippen LogP contribution is 2.26. The molecule has 0 heterocycles. The van der Waals surface area contributed by atoms with E-state index in [1.54, 1.807) is 0 Å². The maximum Gasteiger partial charge on any atom is 0.324 e. The Bertz CT molecular complexity index is 453. The van der Waals surface area contributed by atoms with Crippen LogP contribution in [0.5, 0.6) is 0 Å². The first-order valence-electron chi connectivity index (χ1n) is 4.67. The molecule has 0 saturated heterocycles. The fraction of sp³-hybridized carbons (Fsp3) is 0.333. The highest BCUT2D eigenvalue weighted by molar-refractivity contribution is 5.61. The third-order valence-corrected chi connectivity index (χ3v) is 2.00. The number of halogens is 4. The first kappa shape index (κ1) is 14.0. The number of nitrogen functional groups attached to an aromatic ring is 1. The topological polar surface area (TPSA) is 81.2 Å². The van der Waals surface area contributed by atoms with Crippen LogP contribution >= 0.6 is 0 Å². The number of nitro groups is 1. The van der Waals surface area contributed by atoms with Crippen LogP contribution in [-0.4, -0.2) is 23.8 Å². The molecule has 0 aliphatic heterocycles. The molecule has 0 bridgehead atoms. The summed E-state index contributed by atoms with van der Waals surface area (Å²) in [6.45, 7) is -1.34. The van der Waals surface area contributed by atoms with E-state index < -0.39 is 29.5 Å². The van der Waals surface area contributed by atoms with Crippen molar-refractivity contribution in [3.8, 4) is 0 Å². The molecule has 0 atom stereocenters. The van der Waals surface area contributed by atoms with Gasteiger partial charge in [0.1, 0.15) is 0 Å². The van der Waals surface area contributed by atoms with Crippen LogP contribution in [0.25, 0.3) is 0 Å². The Balaban J connectivity index is 2.83. The van der Waals surface area contributed by atoms with E-state index in [0.29, 0.717) is 0 Å². The van der Waals surface area contributed by atoms with E-state index >= 15 is 0 Å². The number of nitrogens with one attached hydrogen (secondary N) is 1. The lowest BCUT2D eigenvalue weighted by molar-refractivity contribution is -0.384. The van der Waals surface area contributed by atoms with Crippen molar-refractivity contribution in [3.63, 3.8) is 0 Å².